The Hall–Kier alpha value is -3.05. The molecule has 0 aliphatic rings. The largest absolute Gasteiger partial charge is 0.480 e. The van der Waals surface area contributed by atoms with Crippen LogP contribution in [0.25, 0.3) is 10.9 Å². The maximum atomic E-state index is 12.6. The number of thiol groups is 1. The van der Waals surface area contributed by atoms with E-state index in [9.17, 15) is 24.3 Å². The number of carbonyl (C=O) groups excluding carboxylic acids is 3. The lowest BCUT2D eigenvalue weighted by atomic mass is 10.0. The fourth-order valence-electron chi connectivity index (χ4n) is 3.32. The number of nitrogens with two attached hydrogens (primary N) is 1. The number of rotatable bonds is 12. The molecule has 3 atom stereocenters. The molecule has 2 rings (SSSR count). The van der Waals surface area contributed by atoms with E-state index in [4.69, 9.17) is 5.73 Å². The zero-order valence-electron chi connectivity index (χ0n) is 18.6. The first-order valence-corrected chi connectivity index (χ1v) is 11.3. The van der Waals surface area contributed by atoms with E-state index in [1.807, 2.05) is 38.1 Å². The molecule has 10 nitrogen and oxygen atoms in total. The number of aliphatic carboxylic acids is 1. The first-order chi connectivity index (χ1) is 15.6. The van der Waals surface area contributed by atoms with Crippen molar-refractivity contribution in [1.29, 1.82) is 0 Å². The molecule has 0 radical (unpaired) electrons. The molecule has 0 saturated heterocycles. The number of para-hydroxylation sites is 1. The Morgan fingerprint density at radius 3 is 2.42 bits per heavy atom. The fraction of sp³-hybridized carbons (Fsp3) is 0.455. The van der Waals surface area contributed by atoms with E-state index in [0.717, 1.165) is 16.5 Å². The van der Waals surface area contributed by atoms with Crippen molar-refractivity contribution in [1.82, 2.24) is 20.9 Å². The smallest absolute Gasteiger partial charge is 0.326 e. The molecule has 1 aromatic carbocycles. The molecule has 11 heteroatoms. The normalized spacial score (nSPS) is 13.8. The Morgan fingerprint density at radius 1 is 1.09 bits per heavy atom. The second-order valence-electron chi connectivity index (χ2n) is 8.22. The minimum Gasteiger partial charge on any atom is -0.480 e. The monoisotopic (exact) mass is 477 g/mol. The average molecular weight is 478 g/mol. The second kappa shape index (κ2) is 12.3. The van der Waals surface area contributed by atoms with Crippen LogP contribution < -0.4 is 21.7 Å². The molecular weight excluding hydrogens is 446 g/mol. The van der Waals surface area contributed by atoms with Crippen LogP contribution in [0.4, 0.5) is 0 Å². The Labute approximate surface area is 197 Å². The lowest BCUT2D eigenvalue weighted by molar-refractivity contribution is -0.141. The molecule has 180 valence electrons. The molecule has 0 aliphatic carbocycles. The summed E-state index contributed by atoms with van der Waals surface area (Å²) in [7, 11) is 0. The molecule has 1 aromatic heterocycles. The Balaban J connectivity index is 1.96. The van der Waals surface area contributed by atoms with Crippen molar-refractivity contribution in [3.63, 3.8) is 0 Å². The van der Waals surface area contributed by atoms with Gasteiger partial charge in [-0.15, -0.1) is 0 Å². The molecule has 0 aliphatic heterocycles. The molecule has 7 N–H and O–H groups in total. The predicted octanol–water partition coefficient (Wildman–Crippen LogP) is 0.184. The van der Waals surface area contributed by atoms with Crippen LogP contribution in [0.2, 0.25) is 0 Å². The van der Waals surface area contributed by atoms with E-state index in [2.05, 4.69) is 33.6 Å². The summed E-state index contributed by atoms with van der Waals surface area (Å²) in [6.45, 7) is 3.35. The SMILES string of the molecule is CC(C)CC(NC(=O)C(N)CS)C(=O)NCC(=O)NC(Cc1c[nH]c2ccccc12)C(=O)O. The number of aromatic amines is 1. The van der Waals surface area contributed by atoms with E-state index in [0.29, 0.717) is 6.42 Å². The van der Waals surface area contributed by atoms with E-state index in [-0.39, 0.29) is 18.1 Å². The zero-order valence-corrected chi connectivity index (χ0v) is 19.5. The lowest BCUT2D eigenvalue weighted by Gasteiger charge is -2.22. The number of aromatic nitrogens is 1. The number of nitrogens with one attached hydrogen (secondary N) is 4. The quantitative estimate of drug-likeness (QED) is 0.215. The summed E-state index contributed by atoms with van der Waals surface area (Å²) < 4.78 is 0. The highest BCUT2D eigenvalue weighted by Crippen LogP contribution is 2.19. The third-order valence-corrected chi connectivity index (χ3v) is 5.42. The van der Waals surface area contributed by atoms with Gasteiger partial charge in [0, 0.05) is 29.3 Å². The van der Waals surface area contributed by atoms with Crippen LogP contribution in [-0.4, -0.2) is 64.2 Å². The molecule has 1 heterocycles. The topological polar surface area (TPSA) is 166 Å². The minimum atomic E-state index is -1.19. The summed E-state index contributed by atoms with van der Waals surface area (Å²) in [5.41, 5.74) is 7.27. The second-order valence-corrected chi connectivity index (χ2v) is 8.58. The van der Waals surface area contributed by atoms with Crippen LogP contribution in [-0.2, 0) is 25.6 Å². The van der Waals surface area contributed by atoms with E-state index >= 15 is 0 Å². The van der Waals surface area contributed by atoms with Crippen LogP contribution >= 0.6 is 12.6 Å². The van der Waals surface area contributed by atoms with Crippen molar-refractivity contribution < 1.29 is 24.3 Å². The average Bonchev–Trinajstić information content (AvgIpc) is 3.18. The Bertz CT molecular complexity index is 992. The molecule has 0 spiro atoms. The van der Waals surface area contributed by atoms with E-state index < -0.39 is 48.4 Å². The Kier molecular flexibility index (Phi) is 9.74. The van der Waals surface area contributed by atoms with Gasteiger partial charge in [0.15, 0.2) is 0 Å². The highest BCUT2D eigenvalue weighted by atomic mass is 32.1. The number of fused-ring (bicyclic) bond motifs is 1. The minimum absolute atomic E-state index is 0.0761. The van der Waals surface area contributed by atoms with Gasteiger partial charge in [-0.05, 0) is 24.0 Å². The molecule has 3 unspecified atom stereocenters. The third-order valence-electron chi connectivity index (χ3n) is 5.03. The highest BCUT2D eigenvalue weighted by Gasteiger charge is 2.26. The van der Waals surface area contributed by atoms with Crippen LogP contribution in [0.15, 0.2) is 30.5 Å². The standard InChI is InChI=1S/C22H31N5O5S/c1-12(2)7-17(27-20(29)15(23)11-33)21(30)25-10-19(28)26-18(22(31)32)8-13-9-24-16-6-4-3-5-14(13)16/h3-6,9,12,15,17-18,24,33H,7-8,10-11,23H2,1-2H3,(H,25,30)(H,26,28)(H,27,29)(H,31,32). The van der Waals surface area contributed by atoms with Crippen molar-refractivity contribution in [3.8, 4) is 0 Å². The summed E-state index contributed by atoms with van der Waals surface area (Å²) in [5.74, 6) is -2.70. The molecule has 0 bridgehead atoms. The van der Waals surface area contributed by atoms with Gasteiger partial charge in [-0.25, -0.2) is 4.79 Å². The summed E-state index contributed by atoms with van der Waals surface area (Å²) in [6.07, 6.45) is 2.13. The molecular formula is C22H31N5O5S. The van der Waals surface area contributed by atoms with Crippen molar-refractivity contribution in [2.75, 3.05) is 12.3 Å². The fourth-order valence-corrected chi connectivity index (χ4v) is 3.49. The van der Waals surface area contributed by atoms with Gasteiger partial charge in [0.25, 0.3) is 0 Å². The highest BCUT2D eigenvalue weighted by molar-refractivity contribution is 7.80. The lowest BCUT2D eigenvalue weighted by Crippen LogP contribution is -2.54. The first kappa shape index (κ1) is 26.2. The van der Waals surface area contributed by atoms with Gasteiger partial charge in [-0.1, -0.05) is 32.0 Å². The zero-order chi connectivity index (χ0) is 24.5. The van der Waals surface area contributed by atoms with Crippen molar-refractivity contribution in [2.45, 2.75) is 44.8 Å². The van der Waals surface area contributed by atoms with E-state index in [1.165, 1.54) is 0 Å². The maximum Gasteiger partial charge on any atom is 0.326 e. The number of hydrogen-bond donors (Lipinski definition) is 7. The number of benzene rings is 1. The van der Waals surface area contributed by atoms with Gasteiger partial charge in [-0.2, -0.15) is 12.6 Å². The summed E-state index contributed by atoms with van der Waals surface area (Å²) in [4.78, 5) is 51.8. The third kappa shape index (κ3) is 7.79. The summed E-state index contributed by atoms with van der Waals surface area (Å²) >= 11 is 3.98. The number of hydrogen-bond acceptors (Lipinski definition) is 6. The number of H-pyrrole nitrogens is 1. The molecule has 33 heavy (non-hydrogen) atoms. The summed E-state index contributed by atoms with van der Waals surface area (Å²) in [5, 5.41) is 17.9. The number of carboxylic acid groups (broad SMARTS) is 1. The Morgan fingerprint density at radius 2 is 1.79 bits per heavy atom. The van der Waals surface area contributed by atoms with Crippen molar-refractivity contribution in [3.05, 3.63) is 36.0 Å². The number of carboxylic acids is 1. The molecule has 0 fully saturated rings. The molecule has 0 saturated carbocycles. The van der Waals surface area contributed by atoms with Crippen LogP contribution in [0, 0.1) is 5.92 Å². The van der Waals surface area contributed by atoms with E-state index in [1.54, 1.807) is 6.20 Å². The number of carbonyl (C=O) groups is 4. The van der Waals surface area contributed by atoms with Crippen molar-refractivity contribution in [2.24, 2.45) is 11.7 Å². The maximum absolute atomic E-state index is 12.6. The van der Waals surface area contributed by atoms with Gasteiger partial charge >= 0.3 is 5.97 Å². The van der Waals surface area contributed by atoms with Crippen LogP contribution in [0.5, 0.6) is 0 Å². The first-order valence-electron chi connectivity index (χ1n) is 10.6. The molecule has 2 aromatic rings. The molecule has 3 amide bonds. The van der Waals surface area contributed by atoms with Gasteiger partial charge < -0.3 is 31.8 Å². The van der Waals surface area contributed by atoms with Crippen LogP contribution in [0.1, 0.15) is 25.8 Å². The van der Waals surface area contributed by atoms with Crippen LogP contribution in [0.3, 0.4) is 0 Å². The van der Waals surface area contributed by atoms with Gasteiger partial charge in [-0.3, -0.25) is 14.4 Å². The summed E-state index contributed by atoms with van der Waals surface area (Å²) in [6, 6.07) is 4.54. The van der Waals surface area contributed by atoms with Gasteiger partial charge in [0.2, 0.25) is 17.7 Å². The number of amides is 3. The van der Waals surface area contributed by atoms with Gasteiger partial charge in [0.1, 0.15) is 12.1 Å². The predicted molar refractivity (Wildman–Crippen MR) is 128 cm³/mol. The van der Waals surface area contributed by atoms with Gasteiger partial charge in [0.05, 0.1) is 12.6 Å². The van der Waals surface area contributed by atoms with Crippen molar-refractivity contribution >= 4 is 47.2 Å².